The number of aryl methyl sites for hydroxylation is 2. The smallest absolute Gasteiger partial charge is 0.315 e. The van der Waals surface area contributed by atoms with Crippen molar-refractivity contribution in [3.63, 3.8) is 0 Å². The highest BCUT2D eigenvalue weighted by Gasteiger charge is 2.08. The van der Waals surface area contributed by atoms with Crippen molar-refractivity contribution in [3.8, 4) is 5.75 Å². The van der Waals surface area contributed by atoms with Crippen molar-refractivity contribution in [2.75, 3.05) is 0 Å². The first-order valence-electron chi connectivity index (χ1n) is 8.01. The quantitative estimate of drug-likeness (QED) is 0.757. The van der Waals surface area contributed by atoms with Gasteiger partial charge in [-0.15, -0.1) is 0 Å². The van der Waals surface area contributed by atoms with Crippen LogP contribution in [-0.2, 0) is 13.0 Å². The summed E-state index contributed by atoms with van der Waals surface area (Å²) in [6.07, 6.45) is 1.62. The Morgan fingerprint density at radius 2 is 1.83 bits per heavy atom. The molecule has 1 unspecified atom stereocenters. The van der Waals surface area contributed by atoms with Crippen molar-refractivity contribution in [2.24, 2.45) is 0 Å². The maximum absolute atomic E-state index is 13.2. The molecule has 0 radical (unpaired) electrons. The number of benzene rings is 2. The van der Waals surface area contributed by atoms with Crippen LogP contribution in [0.4, 0.5) is 9.18 Å². The number of rotatable bonds is 6. The molecule has 2 rings (SSSR count). The average molecular weight is 330 g/mol. The molecule has 2 amide bonds. The molecule has 0 saturated carbocycles. The van der Waals surface area contributed by atoms with E-state index in [0.717, 1.165) is 24.0 Å². The van der Waals surface area contributed by atoms with Gasteiger partial charge in [0, 0.05) is 12.6 Å². The van der Waals surface area contributed by atoms with Gasteiger partial charge in [0.25, 0.3) is 0 Å². The van der Waals surface area contributed by atoms with Crippen molar-refractivity contribution < 1.29 is 14.3 Å². The topological polar surface area (TPSA) is 61.4 Å². The first-order valence-corrected chi connectivity index (χ1v) is 8.01. The van der Waals surface area contributed by atoms with E-state index in [2.05, 4.69) is 10.6 Å². The summed E-state index contributed by atoms with van der Waals surface area (Å²) in [5.41, 5.74) is 2.54. The number of carbonyl (C=O) groups excluding carboxylic acids is 1. The molecule has 1 atom stereocenters. The highest BCUT2D eigenvalue weighted by Crippen LogP contribution is 2.12. The van der Waals surface area contributed by atoms with E-state index in [1.807, 2.05) is 19.1 Å². The zero-order chi connectivity index (χ0) is 17.5. The lowest BCUT2D eigenvalue weighted by atomic mass is 10.1. The molecule has 0 aromatic heterocycles. The molecule has 0 aliphatic heterocycles. The summed E-state index contributed by atoms with van der Waals surface area (Å²) in [4.78, 5) is 11.9. The second kappa shape index (κ2) is 8.34. The Morgan fingerprint density at radius 1 is 1.17 bits per heavy atom. The molecule has 4 nitrogen and oxygen atoms in total. The Morgan fingerprint density at radius 3 is 2.50 bits per heavy atom. The second-order valence-electron chi connectivity index (χ2n) is 6.02. The summed E-state index contributed by atoms with van der Waals surface area (Å²) < 4.78 is 13.2. The number of hydrogen-bond acceptors (Lipinski definition) is 2. The monoisotopic (exact) mass is 330 g/mol. The fourth-order valence-corrected chi connectivity index (χ4v) is 2.39. The third kappa shape index (κ3) is 5.57. The van der Waals surface area contributed by atoms with E-state index in [9.17, 15) is 14.3 Å². The van der Waals surface area contributed by atoms with Gasteiger partial charge in [0.2, 0.25) is 0 Å². The fourth-order valence-electron chi connectivity index (χ4n) is 2.39. The van der Waals surface area contributed by atoms with Crippen LogP contribution in [0.2, 0.25) is 0 Å². The van der Waals surface area contributed by atoms with Crippen LogP contribution in [0.1, 0.15) is 30.0 Å². The molecular weight excluding hydrogens is 307 g/mol. The summed E-state index contributed by atoms with van der Waals surface area (Å²) in [5, 5.41) is 14.9. The minimum absolute atomic E-state index is 0.0220. The lowest BCUT2D eigenvalue weighted by Crippen LogP contribution is -2.40. The van der Waals surface area contributed by atoms with Gasteiger partial charge >= 0.3 is 6.03 Å². The molecule has 0 aliphatic rings. The van der Waals surface area contributed by atoms with Crippen LogP contribution in [0.3, 0.4) is 0 Å². The lowest BCUT2D eigenvalue weighted by Gasteiger charge is -2.15. The van der Waals surface area contributed by atoms with Crippen LogP contribution in [0.25, 0.3) is 0 Å². The van der Waals surface area contributed by atoms with Gasteiger partial charge in [0.05, 0.1) is 0 Å². The molecular formula is C19H23FN2O2. The first-order chi connectivity index (χ1) is 11.4. The van der Waals surface area contributed by atoms with Crippen molar-refractivity contribution in [3.05, 3.63) is 65.0 Å². The molecule has 0 fully saturated rings. The first kappa shape index (κ1) is 17.8. The summed E-state index contributed by atoms with van der Waals surface area (Å²) >= 11 is 0. The minimum atomic E-state index is -0.244. The molecule has 0 saturated heterocycles. The highest BCUT2D eigenvalue weighted by atomic mass is 19.1. The van der Waals surface area contributed by atoms with Crippen LogP contribution in [0.15, 0.2) is 42.5 Å². The number of amides is 2. The number of halogens is 1. The molecule has 2 aromatic rings. The van der Waals surface area contributed by atoms with Gasteiger partial charge in [-0.25, -0.2) is 9.18 Å². The summed E-state index contributed by atoms with van der Waals surface area (Å²) in [5.74, 6) is 0.00591. The van der Waals surface area contributed by atoms with Gasteiger partial charge in [0.1, 0.15) is 11.6 Å². The van der Waals surface area contributed by atoms with Gasteiger partial charge in [-0.1, -0.05) is 24.3 Å². The lowest BCUT2D eigenvalue weighted by molar-refractivity contribution is 0.237. The normalized spacial score (nSPS) is 11.8. The maximum Gasteiger partial charge on any atom is 0.315 e. The number of aromatic hydroxyl groups is 1. The molecule has 128 valence electrons. The molecule has 5 heteroatoms. The van der Waals surface area contributed by atoms with E-state index in [1.165, 1.54) is 6.07 Å². The number of nitrogens with one attached hydrogen (secondary N) is 2. The van der Waals surface area contributed by atoms with E-state index >= 15 is 0 Å². The minimum Gasteiger partial charge on any atom is -0.508 e. The maximum atomic E-state index is 13.2. The van der Waals surface area contributed by atoms with Crippen LogP contribution in [0.5, 0.6) is 5.75 Å². The van der Waals surface area contributed by atoms with Gasteiger partial charge in [0.15, 0.2) is 0 Å². The molecule has 3 N–H and O–H groups in total. The third-order valence-corrected chi connectivity index (χ3v) is 3.86. The third-order valence-electron chi connectivity index (χ3n) is 3.86. The number of hydrogen-bond donors (Lipinski definition) is 3. The second-order valence-corrected chi connectivity index (χ2v) is 6.02. The predicted octanol–water partition coefficient (Wildman–Crippen LogP) is 3.66. The van der Waals surface area contributed by atoms with E-state index in [1.54, 1.807) is 31.2 Å². The largest absolute Gasteiger partial charge is 0.508 e. The highest BCUT2D eigenvalue weighted by molar-refractivity contribution is 5.74. The molecule has 24 heavy (non-hydrogen) atoms. The van der Waals surface area contributed by atoms with Crippen molar-refractivity contribution >= 4 is 6.03 Å². The van der Waals surface area contributed by atoms with Crippen molar-refractivity contribution in [2.45, 2.75) is 39.3 Å². The molecule has 2 aromatic carbocycles. The number of carbonyl (C=O) groups is 1. The van der Waals surface area contributed by atoms with E-state index < -0.39 is 0 Å². The van der Waals surface area contributed by atoms with Crippen LogP contribution in [0, 0.1) is 12.7 Å². The summed E-state index contributed by atoms with van der Waals surface area (Å²) in [6, 6.07) is 11.6. The molecule has 0 bridgehead atoms. The van der Waals surface area contributed by atoms with Gasteiger partial charge in [-0.2, -0.15) is 0 Å². The Bertz CT molecular complexity index is 686. The Hall–Kier alpha value is -2.56. The Labute approximate surface area is 141 Å². The van der Waals surface area contributed by atoms with Crippen LogP contribution < -0.4 is 10.6 Å². The molecule has 0 spiro atoms. The summed E-state index contributed by atoms with van der Waals surface area (Å²) in [7, 11) is 0. The fraction of sp³-hybridized carbons (Fsp3) is 0.316. The van der Waals surface area contributed by atoms with E-state index in [0.29, 0.717) is 12.1 Å². The predicted molar refractivity (Wildman–Crippen MR) is 92.4 cm³/mol. The number of urea groups is 1. The zero-order valence-corrected chi connectivity index (χ0v) is 14.0. The van der Waals surface area contributed by atoms with Crippen LogP contribution >= 0.6 is 0 Å². The van der Waals surface area contributed by atoms with Crippen molar-refractivity contribution in [1.82, 2.24) is 10.6 Å². The molecule has 0 aliphatic carbocycles. The Kier molecular flexibility index (Phi) is 6.18. The Balaban J connectivity index is 1.72. The van der Waals surface area contributed by atoms with Gasteiger partial charge < -0.3 is 15.7 Å². The summed E-state index contributed by atoms with van der Waals surface area (Å²) in [6.45, 7) is 4.00. The number of phenolic OH excluding ortho intramolecular Hbond substituents is 1. The number of phenols is 1. The van der Waals surface area contributed by atoms with Gasteiger partial charge in [-0.3, -0.25) is 0 Å². The van der Waals surface area contributed by atoms with Crippen molar-refractivity contribution in [1.29, 1.82) is 0 Å². The van der Waals surface area contributed by atoms with Gasteiger partial charge in [-0.05, 0) is 61.6 Å². The zero-order valence-electron chi connectivity index (χ0n) is 14.0. The molecule has 0 heterocycles. The SMILES string of the molecule is Cc1cc(CNC(=O)NC(C)CCc2ccc(O)cc2)ccc1F. The standard InChI is InChI=1S/C19H23FN2O2/c1-13-11-16(7-10-18(13)20)12-21-19(24)22-14(2)3-4-15-5-8-17(23)9-6-15/h5-11,14,23H,3-4,12H2,1-2H3,(H2,21,22,24). The van der Waals surface area contributed by atoms with E-state index in [-0.39, 0.29) is 23.6 Å². The average Bonchev–Trinajstić information content (AvgIpc) is 2.55. The van der Waals surface area contributed by atoms with E-state index in [4.69, 9.17) is 0 Å². The van der Waals surface area contributed by atoms with Crippen LogP contribution in [-0.4, -0.2) is 17.2 Å².